The monoisotopic (exact) mass is 217 g/mol. The molecule has 0 unspecified atom stereocenters. The zero-order valence-corrected chi connectivity index (χ0v) is 9.01. The van der Waals surface area contributed by atoms with Crippen LogP contribution in [0.5, 0.6) is 0 Å². The molecule has 5 nitrogen and oxygen atoms in total. The maximum absolute atomic E-state index is 11.1. The predicted octanol–water partition coefficient (Wildman–Crippen LogP) is 1.49. The number of hydrogen-bond acceptors (Lipinski definition) is 3. The molecule has 82 valence electrons. The molecule has 0 fully saturated rings. The summed E-state index contributed by atoms with van der Waals surface area (Å²) in [4.78, 5) is 19.1. The second kappa shape index (κ2) is 3.77. The molecule has 0 saturated carbocycles. The van der Waals surface area contributed by atoms with Crippen LogP contribution in [0.15, 0.2) is 24.8 Å². The minimum absolute atomic E-state index is 0.161. The van der Waals surface area contributed by atoms with Crippen LogP contribution in [-0.4, -0.2) is 25.6 Å². The van der Waals surface area contributed by atoms with Gasteiger partial charge in [-0.25, -0.2) is 14.8 Å². The molecule has 0 aromatic carbocycles. The highest BCUT2D eigenvalue weighted by molar-refractivity contribution is 5.95. The molecule has 2 aromatic heterocycles. The van der Waals surface area contributed by atoms with Crippen LogP contribution in [0.3, 0.4) is 0 Å². The van der Waals surface area contributed by atoms with E-state index < -0.39 is 5.97 Å². The average Bonchev–Trinajstić information content (AvgIpc) is 2.63. The summed E-state index contributed by atoms with van der Waals surface area (Å²) in [7, 11) is 1.87. The van der Waals surface area contributed by atoms with Crippen LogP contribution < -0.4 is 0 Å². The van der Waals surface area contributed by atoms with Crippen molar-refractivity contribution in [2.75, 3.05) is 0 Å². The maximum Gasteiger partial charge on any atom is 0.339 e. The Balaban J connectivity index is 2.65. The molecule has 0 radical (unpaired) electrons. The number of rotatable bonds is 2. The van der Waals surface area contributed by atoms with Crippen molar-refractivity contribution < 1.29 is 9.90 Å². The van der Waals surface area contributed by atoms with E-state index in [1.54, 1.807) is 6.92 Å². The minimum Gasteiger partial charge on any atom is -0.478 e. The van der Waals surface area contributed by atoms with E-state index in [4.69, 9.17) is 5.11 Å². The lowest BCUT2D eigenvalue weighted by Crippen LogP contribution is -2.06. The van der Waals surface area contributed by atoms with Crippen molar-refractivity contribution in [1.29, 1.82) is 0 Å². The second-order valence-electron chi connectivity index (χ2n) is 3.55. The lowest BCUT2D eigenvalue weighted by molar-refractivity contribution is 0.0696. The van der Waals surface area contributed by atoms with E-state index in [9.17, 15) is 4.79 Å². The maximum atomic E-state index is 11.1. The van der Waals surface area contributed by atoms with Crippen LogP contribution in [0.1, 0.15) is 16.1 Å². The number of nitrogens with zero attached hydrogens (tertiary/aromatic N) is 3. The SMILES string of the molecule is Cc1ncnc(-c2ccn(C)c2)c1C(=O)O. The molecule has 0 saturated heterocycles. The Morgan fingerprint density at radius 2 is 2.19 bits per heavy atom. The Hall–Kier alpha value is -2.17. The van der Waals surface area contributed by atoms with Crippen LogP contribution in [0.2, 0.25) is 0 Å². The van der Waals surface area contributed by atoms with Crippen molar-refractivity contribution in [3.05, 3.63) is 36.0 Å². The van der Waals surface area contributed by atoms with Gasteiger partial charge in [0.05, 0.1) is 11.4 Å². The smallest absolute Gasteiger partial charge is 0.339 e. The van der Waals surface area contributed by atoms with Gasteiger partial charge in [-0.05, 0) is 13.0 Å². The van der Waals surface area contributed by atoms with Gasteiger partial charge in [0.25, 0.3) is 0 Å². The third-order valence-corrected chi connectivity index (χ3v) is 2.36. The van der Waals surface area contributed by atoms with E-state index in [-0.39, 0.29) is 5.56 Å². The van der Waals surface area contributed by atoms with Crippen LogP contribution in [0.25, 0.3) is 11.3 Å². The molecular weight excluding hydrogens is 206 g/mol. The molecule has 16 heavy (non-hydrogen) atoms. The number of carbonyl (C=O) groups is 1. The Labute approximate surface area is 92.4 Å². The van der Waals surface area contributed by atoms with Crippen molar-refractivity contribution in [3.8, 4) is 11.3 Å². The fraction of sp³-hybridized carbons (Fsp3) is 0.182. The number of hydrogen-bond donors (Lipinski definition) is 1. The van der Waals surface area contributed by atoms with Gasteiger partial charge in [0.2, 0.25) is 0 Å². The predicted molar refractivity (Wildman–Crippen MR) is 58.1 cm³/mol. The molecule has 0 amide bonds. The molecule has 2 heterocycles. The lowest BCUT2D eigenvalue weighted by atomic mass is 10.1. The van der Waals surface area contributed by atoms with Gasteiger partial charge in [-0.1, -0.05) is 0 Å². The van der Waals surface area contributed by atoms with E-state index in [1.807, 2.05) is 30.1 Å². The topological polar surface area (TPSA) is 68.0 Å². The highest BCUT2D eigenvalue weighted by Gasteiger charge is 2.17. The summed E-state index contributed by atoms with van der Waals surface area (Å²) in [5.41, 5.74) is 1.88. The highest BCUT2D eigenvalue weighted by Crippen LogP contribution is 2.22. The van der Waals surface area contributed by atoms with Crippen LogP contribution in [-0.2, 0) is 7.05 Å². The van der Waals surface area contributed by atoms with Gasteiger partial charge in [0.1, 0.15) is 11.9 Å². The first-order valence-electron chi connectivity index (χ1n) is 4.77. The molecule has 0 atom stereocenters. The summed E-state index contributed by atoms with van der Waals surface area (Å²) in [6.45, 7) is 1.66. The fourth-order valence-electron chi connectivity index (χ4n) is 1.59. The molecule has 0 aliphatic heterocycles. The normalized spacial score (nSPS) is 10.4. The summed E-state index contributed by atoms with van der Waals surface area (Å²) < 4.78 is 1.85. The highest BCUT2D eigenvalue weighted by atomic mass is 16.4. The van der Waals surface area contributed by atoms with E-state index in [1.165, 1.54) is 6.33 Å². The summed E-state index contributed by atoms with van der Waals surface area (Å²) in [6, 6.07) is 1.83. The van der Waals surface area contributed by atoms with Crippen molar-refractivity contribution >= 4 is 5.97 Å². The molecule has 2 rings (SSSR count). The summed E-state index contributed by atoms with van der Waals surface area (Å²) >= 11 is 0. The summed E-state index contributed by atoms with van der Waals surface area (Å²) in [6.07, 6.45) is 5.05. The molecule has 5 heteroatoms. The Morgan fingerprint density at radius 1 is 1.44 bits per heavy atom. The molecule has 0 aliphatic carbocycles. The van der Waals surface area contributed by atoms with Crippen molar-refractivity contribution in [3.63, 3.8) is 0 Å². The van der Waals surface area contributed by atoms with Gasteiger partial charge in [0.15, 0.2) is 0 Å². The van der Waals surface area contributed by atoms with Gasteiger partial charge >= 0.3 is 5.97 Å². The van der Waals surface area contributed by atoms with Gasteiger partial charge in [-0.15, -0.1) is 0 Å². The van der Waals surface area contributed by atoms with Crippen LogP contribution in [0.4, 0.5) is 0 Å². The third-order valence-electron chi connectivity index (χ3n) is 2.36. The van der Waals surface area contributed by atoms with Gasteiger partial charge in [-0.3, -0.25) is 0 Å². The van der Waals surface area contributed by atoms with E-state index in [0.29, 0.717) is 11.4 Å². The molecule has 0 spiro atoms. The van der Waals surface area contributed by atoms with E-state index >= 15 is 0 Å². The number of aromatic carboxylic acids is 1. The van der Waals surface area contributed by atoms with Gasteiger partial charge < -0.3 is 9.67 Å². The molecule has 1 N–H and O–H groups in total. The van der Waals surface area contributed by atoms with E-state index in [2.05, 4.69) is 9.97 Å². The summed E-state index contributed by atoms with van der Waals surface area (Å²) in [5, 5.41) is 9.13. The number of aromatic nitrogens is 3. The standard InChI is InChI=1S/C11H11N3O2/c1-7-9(11(15)16)10(13-6-12-7)8-3-4-14(2)5-8/h3-6H,1-2H3,(H,15,16). The third kappa shape index (κ3) is 1.67. The van der Waals surface area contributed by atoms with Crippen LogP contribution in [0, 0.1) is 6.92 Å². The zero-order chi connectivity index (χ0) is 11.7. The average molecular weight is 217 g/mol. The van der Waals surface area contributed by atoms with E-state index in [0.717, 1.165) is 5.56 Å². The zero-order valence-electron chi connectivity index (χ0n) is 9.01. The summed E-state index contributed by atoms with van der Waals surface area (Å²) in [5.74, 6) is -1.00. The van der Waals surface area contributed by atoms with Gasteiger partial charge in [0, 0.05) is 25.0 Å². The number of carboxylic acids is 1. The first-order valence-corrected chi connectivity index (χ1v) is 4.77. The number of aryl methyl sites for hydroxylation is 2. The lowest BCUT2D eigenvalue weighted by Gasteiger charge is -2.04. The molecule has 2 aromatic rings. The van der Waals surface area contributed by atoms with Gasteiger partial charge in [-0.2, -0.15) is 0 Å². The Bertz CT molecular complexity index is 546. The van der Waals surface area contributed by atoms with Crippen molar-refractivity contribution in [1.82, 2.24) is 14.5 Å². The second-order valence-corrected chi connectivity index (χ2v) is 3.55. The molecule has 0 bridgehead atoms. The number of carboxylic acid groups (broad SMARTS) is 1. The largest absolute Gasteiger partial charge is 0.478 e. The van der Waals surface area contributed by atoms with Crippen molar-refractivity contribution in [2.45, 2.75) is 6.92 Å². The molecular formula is C11H11N3O2. The Kier molecular flexibility index (Phi) is 2.44. The van der Waals surface area contributed by atoms with Crippen LogP contribution >= 0.6 is 0 Å². The first kappa shape index (κ1) is 10.4. The van der Waals surface area contributed by atoms with Crippen molar-refractivity contribution in [2.24, 2.45) is 7.05 Å². The molecule has 0 aliphatic rings. The fourth-order valence-corrected chi connectivity index (χ4v) is 1.59. The Morgan fingerprint density at radius 3 is 2.75 bits per heavy atom. The quantitative estimate of drug-likeness (QED) is 0.827. The first-order chi connectivity index (χ1) is 7.59. The minimum atomic E-state index is -1.00.